The molecule has 0 aliphatic heterocycles. The van der Waals surface area contributed by atoms with Crippen LogP contribution in [0.4, 0.5) is 17.1 Å². The second-order valence-electron chi connectivity index (χ2n) is 14.7. The first kappa shape index (κ1) is 33.6. The first-order chi connectivity index (χ1) is 28.8. The fourth-order valence-corrected chi connectivity index (χ4v) is 8.53. The molecule has 10 aromatic carbocycles. The Kier molecular flexibility index (Phi) is 8.15. The minimum absolute atomic E-state index is 0.626. The maximum absolute atomic E-state index is 6.42. The Morgan fingerprint density at radius 1 is 0.345 bits per heavy atom. The van der Waals surface area contributed by atoms with E-state index in [1.165, 1.54) is 38.2 Å². The predicted molar refractivity (Wildman–Crippen MR) is 243 cm³/mol. The quantitative estimate of drug-likeness (QED) is 0.152. The standard InChI is InChI=1S/C55H36N2O/c1-3-15-37(16-4-1)45-21-13-14-26-52(45)57(42-31-27-38(28-32-42)50-35-41-19-7-8-20-44(41)46-22-9-10-23-47(46)50)43-33-29-39(30-34-43)51-36-53-54(49-25-12-11-24-48(49)51)56-55(58-53)40-17-5-2-6-18-40/h1-36H. The number of para-hydroxylation sites is 1. The van der Waals surface area contributed by atoms with E-state index in [0.717, 1.165) is 61.2 Å². The van der Waals surface area contributed by atoms with Crippen molar-refractivity contribution in [2.75, 3.05) is 4.90 Å². The van der Waals surface area contributed by atoms with Gasteiger partial charge in [-0.15, -0.1) is 0 Å². The molecule has 0 spiro atoms. The lowest BCUT2D eigenvalue weighted by atomic mass is 9.93. The Balaban J connectivity index is 1.04. The van der Waals surface area contributed by atoms with Crippen LogP contribution in [0.3, 0.4) is 0 Å². The van der Waals surface area contributed by atoms with Crippen LogP contribution in [0.5, 0.6) is 0 Å². The average molecular weight is 741 g/mol. The van der Waals surface area contributed by atoms with Gasteiger partial charge in [0.1, 0.15) is 5.52 Å². The second kappa shape index (κ2) is 14.1. The van der Waals surface area contributed by atoms with Crippen LogP contribution >= 0.6 is 0 Å². The zero-order chi connectivity index (χ0) is 38.4. The molecule has 0 fully saturated rings. The first-order valence-electron chi connectivity index (χ1n) is 19.7. The first-order valence-corrected chi connectivity index (χ1v) is 19.7. The highest BCUT2D eigenvalue weighted by Gasteiger charge is 2.20. The topological polar surface area (TPSA) is 29.3 Å². The van der Waals surface area contributed by atoms with Crippen molar-refractivity contribution >= 4 is 60.5 Å². The van der Waals surface area contributed by atoms with Crippen LogP contribution in [-0.2, 0) is 0 Å². The van der Waals surface area contributed by atoms with Gasteiger partial charge >= 0.3 is 0 Å². The number of nitrogens with zero attached hydrogens (tertiary/aromatic N) is 2. The van der Waals surface area contributed by atoms with E-state index in [-0.39, 0.29) is 0 Å². The molecule has 0 aliphatic carbocycles. The summed E-state index contributed by atoms with van der Waals surface area (Å²) in [6.07, 6.45) is 0. The highest BCUT2D eigenvalue weighted by Crippen LogP contribution is 2.44. The van der Waals surface area contributed by atoms with E-state index in [4.69, 9.17) is 9.40 Å². The van der Waals surface area contributed by atoms with E-state index in [1.807, 2.05) is 30.3 Å². The van der Waals surface area contributed by atoms with Gasteiger partial charge in [0.25, 0.3) is 0 Å². The van der Waals surface area contributed by atoms with Gasteiger partial charge in [-0.25, -0.2) is 4.98 Å². The molecule has 0 aliphatic rings. The summed E-state index contributed by atoms with van der Waals surface area (Å²) in [6, 6.07) is 77.7. The van der Waals surface area contributed by atoms with Gasteiger partial charge in [0.05, 0.1) is 5.69 Å². The van der Waals surface area contributed by atoms with Crippen LogP contribution < -0.4 is 4.90 Å². The van der Waals surface area contributed by atoms with Crippen molar-refractivity contribution in [3.63, 3.8) is 0 Å². The van der Waals surface area contributed by atoms with Crippen LogP contribution in [0.1, 0.15) is 0 Å². The summed E-state index contributed by atoms with van der Waals surface area (Å²) in [6.45, 7) is 0. The highest BCUT2D eigenvalue weighted by atomic mass is 16.3. The summed E-state index contributed by atoms with van der Waals surface area (Å²) in [5.74, 6) is 0.626. The molecule has 0 bridgehead atoms. The molecule has 0 saturated carbocycles. The molecule has 0 amide bonds. The molecule has 0 N–H and O–H groups in total. The van der Waals surface area contributed by atoms with Gasteiger partial charge in [-0.05, 0) is 109 Å². The Bertz CT molecular complexity index is 3260. The van der Waals surface area contributed by atoms with E-state index in [0.29, 0.717) is 5.89 Å². The summed E-state index contributed by atoms with van der Waals surface area (Å²) in [5, 5.41) is 7.25. The molecule has 272 valence electrons. The van der Waals surface area contributed by atoms with Crippen molar-refractivity contribution in [3.8, 4) is 44.8 Å². The normalized spacial score (nSPS) is 11.4. The molecule has 11 rings (SSSR count). The third-order valence-electron chi connectivity index (χ3n) is 11.3. The number of hydrogen-bond donors (Lipinski definition) is 0. The van der Waals surface area contributed by atoms with Crippen molar-refractivity contribution in [2.24, 2.45) is 0 Å². The number of rotatable bonds is 7. The monoisotopic (exact) mass is 740 g/mol. The summed E-state index contributed by atoms with van der Waals surface area (Å²) in [4.78, 5) is 7.34. The largest absolute Gasteiger partial charge is 0.436 e. The summed E-state index contributed by atoms with van der Waals surface area (Å²) >= 11 is 0. The predicted octanol–water partition coefficient (Wildman–Crippen LogP) is 15.4. The molecular formula is C55H36N2O. The van der Waals surface area contributed by atoms with Crippen LogP contribution in [0, 0.1) is 0 Å². The minimum Gasteiger partial charge on any atom is -0.436 e. The summed E-state index contributed by atoms with van der Waals surface area (Å²) in [7, 11) is 0. The molecule has 1 aromatic heterocycles. The van der Waals surface area contributed by atoms with Gasteiger partial charge in [0, 0.05) is 27.9 Å². The third kappa shape index (κ3) is 5.80. The van der Waals surface area contributed by atoms with Crippen LogP contribution in [0.25, 0.3) is 88.3 Å². The fraction of sp³-hybridized carbons (Fsp3) is 0. The molecule has 3 heteroatoms. The Morgan fingerprint density at radius 3 is 1.50 bits per heavy atom. The Hall–Kier alpha value is -7.75. The Morgan fingerprint density at radius 2 is 0.828 bits per heavy atom. The lowest BCUT2D eigenvalue weighted by Crippen LogP contribution is -2.11. The maximum atomic E-state index is 6.42. The summed E-state index contributed by atoms with van der Waals surface area (Å²) < 4.78 is 6.42. The van der Waals surface area contributed by atoms with E-state index < -0.39 is 0 Å². The SMILES string of the molecule is c1ccc(-c2nc3c(cc(-c4ccc(N(c5ccc(-c6cc7ccccc7c7ccccc67)cc5)c5ccccc5-c5ccccc5)cc4)c4ccccc43)o2)cc1. The number of aromatic nitrogens is 1. The molecular weight excluding hydrogens is 705 g/mol. The molecule has 1 heterocycles. The minimum atomic E-state index is 0.626. The van der Waals surface area contributed by atoms with Crippen molar-refractivity contribution in [1.29, 1.82) is 0 Å². The van der Waals surface area contributed by atoms with Gasteiger partial charge < -0.3 is 9.32 Å². The number of fused-ring (bicyclic) bond motifs is 6. The summed E-state index contributed by atoms with van der Waals surface area (Å²) in [5.41, 5.74) is 12.8. The molecule has 0 unspecified atom stereocenters. The van der Waals surface area contributed by atoms with Crippen molar-refractivity contribution in [2.45, 2.75) is 0 Å². The van der Waals surface area contributed by atoms with Gasteiger partial charge in [-0.1, -0.05) is 164 Å². The van der Waals surface area contributed by atoms with E-state index in [1.54, 1.807) is 0 Å². The van der Waals surface area contributed by atoms with Crippen LogP contribution in [0.2, 0.25) is 0 Å². The van der Waals surface area contributed by atoms with Crippen LogP contribution in [-0.4, -0.2) is 4.98 Å². The molecule has 58 heavy (non-hydrogen) atoms. The van der Waals surface area contributed by atoms with Crippen LogP contribution in [0.15, 0.2) is 223 Å². The van der Waals surface area contributed by atoms with E-state index >= 15 is 0 Å². The molecule has 11 aromatic rings. The number of anilines is 3. The number of oxazole rings is 1. The zero-order valence-electron chi connectivity index (χ0n) is 31.6. The van der Waals surface area contributed by atoms with Gasteiger partial charge in [0.15, 0.2) is 5.58 Å². The van der Waals surface area contributed by atoms with Gasteiger partial charge in [-0.2, -0.15) is 0 Å². The third-order valence-corrected chi connectivity index (χ3v) is 11.3. The average Bonchev–Trinajstić information content (AvgIpc) is 3.75. The van der Waals surface area contributed by atoms with E-state index in [2.05, 4.69) is 193 Å². The van der Waals surface area contributed by atoms with Gasteiger partial charge in [0.2, 0.25) is 5.89 Å². The molecule has 3 nitrogen and oxygen atoms in total. The van der Waals surface area contributed by atoms with Crippen molar-refractivity contribution < 1.29 is 4.42 Å². The molecule has 0 radical (unpaired) electrons. The van der Waals surface area contributed by atoms with Gasteiger partial charge in [-0.3, -0.25) is 0 Å². The fourth-order valence-electron chi connectivity index (χ4n) is 8.53. The molecule has 0 saturated heterocycles. The molecule has 0 atom stereocenters. The van der Waals surface area contributed by atoms with Crippen molar-refractivity contribution in [3.05, 3.63) is 218 Å². The van der Waals surface area contributed by atoms with E-state index in [9.17, 15) is 0 Å². The second-order valence-corrected chi connectivity index (χ2v) is 14.7. The van der Waals surface area contributed by atoms with Crippen molar-refractivity contribution in [1.82, 2.24) is 4.98 Å². The lowest BCUT2D eigenvalue weighted by molar-refractivity contribution is 0.620. The lowest BCUT2D eigenvalue weighted by Gasteiger charge is -2.28. The highest BCUT2D eigenvalue weighted by molar-refractivity contribution is 6.14. The maximum Gasteiger partial charge on any atom is 0.227 e. The Labute approximate surface area is 336 Å². The number of benzene rings is 10. The number of hydrogen-bond acceptors (Lipinski definition) is 3. The smallest absolute Gasteiger partial charge is 0.227 e. The zero-order valence-corrected chi connectivity index (χ0v) is 31.6.